The molecule has 0 bridgehead atoms. The summed E-state index contributed by atoms with van der Waals surface area (Å²) in [7, 11) is 1.36. The molecule has 1 aromatic heterocycles. The SMILES string of the molecule is COC(=O)c1cc(Br)cc(Br)c1NCc1occc1C. The van der Waals surface area contributed by atoms with E-state index in [9.17, 15) is 4.79 Å². The Morgan fingerprint density at radius 3 is 2.75 bits per heavy atom. The van der Waals surface area contributed by atoms with Crippen LogP contribution >= 0.6 is 31.9 Å². The van der Waals surface area contributed by atoms with Crippen LogP contribution in [0.15, 0.2) is 37.8 Å². The molecule has 0 saturated carbocycles. The second-order valence-corrected chi connectivity index (χ2v) is 5.95. The van der Waals surface area contributed by atoms with Gasteiger partial charge in [-0.25, -0.2) is 4.79 Å². The second kappa shape index (κ2) is 6.45. The van der Waals surface area contributed by atoms with Gasteiger partial charge in [0.05, 0.1) is 31.2 Å². The number of rotatable bonds is 4. The standard InChI is InChI=1S/C14H13Br2NO3/c1-8-3-4-20-12(8)7-17-13-10(14(18)19-2)5-9(15)6-11(13)16/h3-6,17H,7H2,1-2H3. The van der Waals surface area contributed by atoms with E-state index in [1.807, 2.05) is 19.1 Å². The third-order valence-electron chi connectivity index (χ3n) is 2.85. The summed E-state index contributed by atoms with van der Waals surface area (Å²) in [6.07, 6.45) is 1.64. The van der Waals surface area contributed by atoms with E-state index in [4.69, 9.17) is 9.15 Å². The first-order chi connectivity index (χ1) is 9.52. The van der Waals surface area contributed by atoms with Crippen molar-refractivity contribution in [2.45, 2.75) is 13.5 Å². The lowest BCUT2D eigenvalue weighted by molar-refractivity contribution is 0.0601. The van der Waals surface area contributed by atoms with Crippen LogP contribution in [0.1, 0.15) is 21.7 Å². The van der Waals surface area contributed by atoms with E-state index in [1.165, 1.54) is 7.11 Å². The minimum Gasteiger partial charge on any atom is -0.467 e. The van der Waals surface area contributed by atoms with E-state index in [1.54, 1.807) is 12.3 Å². The van der Waals surface area contributed by atoms with Gasteiger partial charge < -0.3 is 14.5 Å². The van der Waals surface area contributed by atoms with E-state index in [-0.39, 0.29) is 0 Å². The van der Waals surface area contributed by atoms with Crippen LogP contribution in [0.2, 0.25) is 0 Å². The zero-order chi connectivity index (χ0) is 14.7. The van der Waals surface area contributed by atoms with E-state index in [2.05, 4.69) is 37.2 Å². The Labute approximate surface area is 133 Å². The van der Waals surface area contributed by atoms with Crippen molar-refractivity contribution in [3.63, 3.8) is 0 Å². The summed E-state index contributed by atoms with van der Waals surface area (Å²) < 4.78 is 11.7. The molecule has 0 unspecified atom stereocenters. The molecule has 0 aliphatic heterocycles. The van der Waals surface area contributed by atoms with Crippen molar-refractivity contribution >= 4 is 43.5 Å². The van der Waals surface area contributed by atoms with Gasteiger partial charge in [0.1, 0.15) is 5.76 Å². The molecule has 6 heteroatoms. The van der Waals surface area contributed by atoms with Crippen LogP contribution in [0.4, 0.5) is 5.69 Å². The predicted octanol–water partition coefficient (Wildman–Crippen LogP) is 4.51. The molecule has 1 aromatic carbocycles. The van der Waals surface area contributed by atoms with E-state index < -0.39 is 5.97 Å². The maximum absolute atomic E-state index is 11.8. The molecule has 0 amide bonds. The highest BCUT2D eigenvalue weighted by Crippen LogP contribution is 2.31. The Hall–Kier alpha value is -1.27. The molecule has 0 atom stereocenters. The Balaban J connectivity index is 2.30. The van der Waals surface area contributed by atoms with Gasteiger partial charge in [0.15, 0.2) is 0 Å². The molecule has 0 aliphatic rings. The molecule has 2 rings (SSSR count). The van der Waals surface area contributed by atoms with Crippen molar-refractivity contribution < 1.29 is 13.9 Å². The summed E-state index contributed by atoms with van der Waals surface area (Å²) in [4.78, 5) is 11.8. The number of nitrogens with one attached hydrogen (secondary N) is 1. The van der Waals surface area contributed by atoms with Crippen LogP contribution in [0.3, 0.4) is 0 Å². The van der Waals surface area contributed by atoms with Crippen molar-refractivity contribution in [2.24, 2.45) is 0 Å². The van der Waals surface area contributed by atoms with Gasteiger partial charge in [-0.2, -0.15) is 0 Å². The monoisotopic (exact) mass is 401 g/mol. The first kappa shape index (κ1) is 15.1. The number of hydrogen-bond acceptors (Lipinski definition) is 4. The molecular weight excluding hydrogens is 390 g/mol. The van der Waals surface area contributed by atoms with Gasteiger partial charge in [0, 0.05) is 8.95 Å². The predicted molar refractivity (Wildman–Crippen MR) is 84.0 cm³/mol. The summed E-state index contributed by atoms with van der Waals surface area (Å²) in [5.41, 5.74) is 2.19. The summed E-state index contributed by atoms with van der Waals surface area (Å²) in [5.74, 6) is 0.432. The number of benzene rings is 1. The molecule has 0 spiro atoms. The molecule has 0 radical (unpaired) electrons. The van der Waals surface area contributed by atoms with Gasteiger partial charge >= 0.3 is 5.97 Å². The highest BCUT2D eigenvalue weighted by molar-refractivity contribution is 9.11. The first-order valence-corrected chi connectivity index (χ1v) is 7.45. The normalized spacial score (nSPS) is 10.4. The van der Waals surface area contributed by atoms with E-state index >= 15 is 0 Å². The molecule has 1 heterocycles. The van der Waals surface area contributed by atoms with Crippen molar-refractivity contribution in [1.82, 2.24) is 0 Å². The number of furan rings is 1. The highest BCUT2D eigenvalue weighted by atomic mass is 79.9. The fourth-order valence-corrected chi connectivity index (χ4v) is 3.14. The molecule has 20 heavy (non-hydrogen) atoms. The molecular formula is C14H13Br2NO3. The fraction of sp³-hybridized carbons (Fsp3) is 0.214. The molecule has 1 N–H and O–H groups in total. The average Bonchev–Trinajstić information content (AvgIpc) is 2.81. The number of esters is 1. The Kier molecular flexibility index (Phi) is 4.88. The summed E-state index contributed by atoms with van der Waals surface area (Å²) in [6, 6.07) is 5.48. The van der Waals surface area contributed by atoms with Crippen molar-refractivity contribution in [1.29, 1.82) is 0 Å². The Morgan fingerprint density at radius 1 is 1.40 bits per heavy atom. The van der Waals surface area contributed by atoms with E-state index in [0.717, 1.165) is 20.3 Å². The quantitative estimate of drug-likeness (QED) is 0.764. The number of carbonyl (C=O) groups is 1. The number of halogens is 2. The smallest absolute Gasteiger partial charge is 0.340 e. The largest absolute Gasteiger partial charge is 0.467 e. The maximum Gasteiger partial charge on any atom is 0.340 e. The number of methoxy groups -OCH3 is 1. The Bertz CT molecular complexity index is 637. The van der Waals surface area contributed by atoms with Crippen molar-refractivity contribution in [3.8, 4) is 0 Å². The van der Waals surface area contributed by atoms with Crippen molar-refractivity contribution in [2.75, 3.05) is 12.4 Å². The minimum absolute atomic E-state index is 0.398. The highest BCUT2D eigenvalue weighted by Gasteiger charge is 2.16. The topological polar surface area (TPSA) is 51.5 Å². The van der Waals surface area contributed by atoms with Gasteiger partial charge in [-0.3, -0.25) is 0 Å². The van der Waals surface area contributed by atoms with Crippen LogP contribution < -0.4 is 5.32 Å². The minimum atomic E-state index is -0.398. The van der Waals surface area contributed by atoms with Crippen LogP contribution in [-0.4, -0.2) is 13.1 Å². The fourth-order valence-electron chi connectivity index (χ4n) is 1.78. The third-order valence-corrected chi connectivity index (χ3v) is 3.94. The molecule has 0 saturated heterocycles. The van der Waals surface area contributed by atoms with Gasteiger partial charge in [-0.15, -0.1) is 0 Å². The van der Waals surface area contributed by atoms with Gasteiger partial charge in [0.25, 0.3) is 0 Å². The lowest BCUT2D eigenvalue weighted by Gasteiger charge is -2.13. The van der Waals surface area contributed by atoms with Gasteiger partial charge in [-0.1, -0.05) is 15.9 Å². The third kappa shape index (κ3) is 3.24. The van der Waals surface area contributed by atoms with Gasteiger partial charge in [-0.05, 0) is 46.6 Å². The summed E-state index contributed by atoms with van der Waals surface area (Å²) >= 11 is 6.81. The van der Waals surface area contributed by atoms with Crippen molar-refractivity contribution in [3.05, 3.63) is 50.3 Å². The zero-order valence-electron chi connectivity index (χ0n) is 11.0. The molecule has 0 aliphatic carbocycles. The molecule has 106 valence electrons. The van der Waals surface area contributed by atoms with Crippen LogP contribution in [0.25, 0.3) is 0 Å². The molecule has 4 nitrogen and oxygen atoms in total. The molecule has 2 aromatic rings. The first-order valence-electron chi connectivity index (χ1n) is 5.87. The van der Waals surface area contributed by atoms with Crippen LogP contribution in [0, 0.1) is 6.92 Å². The average molecular weight is 403 g/mol. The number of aryl methyl sites for hydroxylation is 1. The lowest BCUT2D eigenvalue weighted by Crippen LogP contribution is -2.09. The van der Waals surface area contributed by atoms with Crippen LogP contribution in [0.5, 0.6) is 0 Å². The van der Waals surface area contributed by atoms with E-state index in [0.29, 0.717) is 17.8 Å². The number of ether oxygens (including phenoxy) is 1. The number of carbonyl (C=O) groups excluding carboxylic acids is 1. The number of hydrogen-bond donors (Lipinski definition) is 1. The Morgan fingerprint density at radius 2 is 2.15 bits per heavy atom. The summed E-state index contributed by atoms with van der Waals surface area (Å²) in [6.45, 7) is 2.46. The van der Waals surface area contributed by atoms with Crippen LogP contribution in [-0.2, 0) is 11.3 Å². The maximum atomic E-state index is 11.8. The lowest BCUT2D eigenvalue weighted by atomic mass is 10.1. The summed E-state index contributed by atoms with van der Waals surface area (Å²) in [5, 5.41) is 3.20. The molecule has 0 fully saturated rings. The van der Waals surface area contributed by atoms with Gasteiger partial charge in [0.2, 0.25) is 0 Å². The second-order valence-electron chi connectivity index (χ2n) is 4.18. The number of anilines is 1. The zero-order valence-corrected chi connectivity index (χ0v) is 14.2.